The number of morpholine rings is 1. The van der Waals surface area contributed by atoms with Gasteiger partial charge in [-0.25, -0.2) is 0 Å². The molecule has 5 nitrogen and oxygen atoms in total. The number of rotatable bonds is 7. The van der Waals surface area contributed by atoms with Crippen molar-refractivity contribution in [1.29, 1.82) is 0 Å². The summed E-state index contributed by atoms with van der Waals surface area (Å²) in [5.41, 5.74) is 3.24. The van der Waals surface area contributed by atoms with Crippen LogP contribution in [0.3, 0.4) is 0 Å². The second-order valence-corrected chi connectivity index (χ2v) is 7.51. The van der Waals surface area contributed by atoms with Crippen molar-refractivity contribution in [1.82, 2.24) is 10.2 Å². The Hall–Kier alpha value is -2.08. The van der Waals surface area contributed by atoms with E-state index in [0.717, 1.165) is 29.8 Å². The van der Waals surface area contributed by atoms with Gasteiger partial charge >= 0.3 is 0 Å². The molecule has 6 heteroatoms. The first kappa shape index (κ1) is 20.6. The van der Waals surface area contributed by atoms with Crippen LogP contribution in [-0.4, -0.2) is 50.3 Å². The van der Waals surface area contributed by atoms with E-state index in [4.69, 9.17) is 21.1 Å². The molecular weight excluding hydrogens is 376 g/mol. The molecule has 2 aromatic rings. The summed E-state index contributed by atoms with van der Waals surface area (Å²) < 4.78 is 11.1. The van der Waals surface area contributed by atoms with Crippen LogP contribution in [-0.2, 0) is 9.53 Å². The van der Waals surface area contributed by atoms with E-state index in [2.05, 4.69) is 16.3 Å². The minimum atomic E-state index is -0.149. The van der Waals surface area contributed by atoms with Gasteiger partial charge in [-0.3, -0.25) is 9.69 Å². The van der Waals surface area contributed by atoms with Gasteiger partial charge in [0.05, 0.1) is 19.3 Å². The molecule has 0 aliphatic carbocycles. The van der Waals surface area contributed by atoms with Gasteiger partial charge in [0.25, 0.3) is 5.91 Å². The fraction of sp³-hybridized carbons (Fsp3) is 0.409. The number of hydrogen-bond acceptors (Lipinski definition) is 4. The molecule has 28 heavy (non-hydrogen) atoms. The summed E-state index contributed by atoms with van der Waals surface area (Å²) >= 11 is 6.43. The fourth-order valence-electron chi connectivity index (χ4n) is 3.50. The second-order valence-electron chi connectivity index (χ2n) is 7.10. The van der Waals surface area contributed by atoms with Crippen molar-refractivity contribution in [2.24, 2.45) is 0 Å². The molecule has 150 valence electrons. The van der Waals surface area contributed by atoms with Crippen LogP contribution in [0.5, 0.6) is 5.75 Å². The molecule has 0 radical (unpaired) electrons. The summed E-state index contributed by atoms with van der Waals surface area (Å²) in [6.45, 7) is 7.47. The average Bonchev–Trinajstić information content (AvgIpc) is 2.68. The van der Waals surface area contributed by atoms with E-state index in [1.807, 2.05) is 50.2 Å². The number of carbonyl (C=O) groups is 1. The first-order valence-electron chi connectivity index (χ1n) is 9.57. The summed E-state index contributed by atoms with van der Waals surface area (Å²) in [7, 11) is 0. The van der Waals surface area contributed by atoms with E-state index in [9.17, 15) is 4.79 Å². The fourth-order valence-corrected chi connectivity index (χ4v) is 3.76. The molecule has 1 heterocycles. The largest absolute Gasteiger partial charge is 0.484 e. The first-order chi connectivity index (χ1) is 13.5. The van der Waals surface area contributed by atoms with Gasteiger partial charge in [-0.2, -0.15) is 0 Å². The molecule has 1 fully saturated rings. The quantitative estimate of drug-likeness (QED) is 0.769. The lowest BCUT2D eigenvalue weighted by molar-refractivity contribution is -0.123. The highest BCUT2D eigenvalue weighted by Crippen LogP contribution is 2.27. The molecule has 1 saturated heterocycles. The van der Waals surface area contributed by atoms with Crippen molar-refractivity contribution in [3.8, 4) is 5.75 Å². The van der Waals surface area contributed by atoms with Gasteiger partial charge in [-0.05, 0) is 48.7 Å². The van der Waals surface area contributed by atoms with Crippen molar-refractivity contribution >= 4 is 17.5 Å². The van der Waals surface area contributed by atoms with E-state index >= 15 is 0 Å². The standard InChI is InChI=1S/C22H27ClN2O3/c1-16-11-17(2)13-18(12-16)28-15-22(26)24-14-21(25-7-9-27-10-8-25)19-5-3-4-6-20(19)23/h3-6,11-13,21H,7-10,14-15H2,1-2H3,(H,24,26)/t21-/m0/s1. The zero-order chi connectivity index (χ0) is 19.9. The smallest absolute Gasteiger partial charge is 0.258 e. The van der Waals surface area contributed by atoms with Crippen LogP contribution in [0.1, 0.15) is 22.7 Å². The molecule has 1 aliphatic heterocycles. The Morgan fingerprint density at radius 3 is 2.54 bits per heavy atom. The number of hydrogen-bond donors (Lipinski definition) is 1. The van der Waals surface area contributed by atoms with Crippen LogP contribution in [0.15, 0.2) is 42.5 Å². The van der Waals surface area contributed by atoms with E-state index in [1.54, 1.807) is 0 Å². The second kappa shape index (κ2) is 9.92. The van der Waals surface area contributed by atoms with Gasteiger partial charge < -0.3 is 14.8 Å². The van der Waals surface area contributed by atoms with Gasteiger partial charge in [-0.1, -0.05) is 35.9 Å². The van der Waals surface area contributed by atoms with E-state index in [0.29, 0.717) is 30.5 Å². The van der Waals surface area contributed by atoms with Crippen LogP contribution >= 0.6 is 11.6 Å². The molecule has 3 rings (SSSR count). The van der Waals surface area contributed by atoms with Crippen LogP contribution in [0.4, 0.5) is 0 Å². The maximum absolute atomic E-state index is 12.4. The third-order valence-corrected chi connectivity index (χ3v) is 5.15. The number of benzene rings is 2. The van der Waals surface area contributed by atoms with Crippen LogP contribution in [0.25, 0.3) is 0 Å². The monoisotopic (exact) mass is 402 g/mol. The molecule has 1 aliphatic rings. The van der Waals surface area contributed by atoms with Crippen molar-refractivity contribution in [3.63, 3.8) is 0 Å². The molecule has 0 unspecified atom stereocenters. The maximum atomic E-state index is 12.4. The van der Waals surface area contributed by atoms with Gasteiger partial charge in [-0.15, -0.1) is 0 Å². The summed E-state index contributed by atoms with van der Waals surface area (Å²) in [6.07, 6.45) is 0. The summed E-state index contributed by atoms with van der Waals surface area (Å²) in [5, 5.41) is 3.71. The highest BCUT2D eigenvalue weighted by molar-refractivity contribution is 6.31. The number of aryl methyl sites for hydroxylation is 2. The first-order valence-corrected chi connectivity index (χ1v) is 9.95. The van der Waals surface area contributed by atoms with E-state index in [1.165, 1.54) is 0 Å². The Morgan fingerprint density at radius 1 is 1.18 bits per heavy atom. The van der Waals surface area contributed by atoms with Crippen molar-refractivity contribution < 1.29 is 14.3 Å². The zero-order valence-corrected chi connectivity index (χ0v) is 17.2. The van der Waals surface area contributed by atoms with Crippen LogP contribution in [0, 0.1) is 13.8 Å². The lowest BCUT2D eigenvalue weighted by Crippen LogP contribution is -2.44. The minimum Gasteiger partial charge on any atom is -0.484 e. The Balaban J connectivity index is 1.61. The van der Waals surface area contributed by atoms with Crippen molar-refractivity contribution in [2.75, 3.05) is 39.5 Å². The van der Waals surface area contributed by atoms with Gasteiger partial charge in [0.2, 0.25) is 0 Å². The number of ether oxygens (including phenoxy) is 2. The lowest BCUT2D eigenvalue weighted by atomic mass is 10.0. The van der Waals surface area contributed by atoms with Crippen molar-refractivity contribution in [2.45, 2.75) is 19.9 Å². The number of carbonyl (C=O) groups excluding carboxylic acids is 1. The summed E-state index contributed by atoms with van der Waals surface area (Å²) in [4.78, 5) is 14.7. The molecule has 1 amide bonds. The zero-order valence-electron chi connectivity index (χ0n) is 16.4. The Kier molecular flexibility index (Phi) is 7.31. The van der Waals surface area contributed by atoms with Gasteiger partial charge in [0.15, 0.2) is 6.61 Å². The number of nitrogens with zero attached hydrogens (tertiary/aromatic N) is 1. The summed E-state index contributed by atoms with van der Waals surface area (Å²) in [6, 6.07) is 13.7. The number of halogens is 1. The average molecular weight is 403 g/mol. The van der Waals surface area contributed by atoms with Crippen LogP contribution in [0.2, 0.25) is 5.02 Å². The highest BCUT2D eigenvalue weighted by Gasteiger charge is 2.24. The Labute approximate surface area is 171 Å². The normalized spacial score (nSPS) is 15.8. The topological polar surface area (TPSA) is 50.8 Å². The number of amides is 1. The van der Waals surface area contributed by atoms with Crippen molar-refractivity contribution in [3.05, 3.63) is 64.2 Å². The molecule has 1 N–H and O–H groups in total. The summed E-state index contributed by atoms with van der Waals surface area (Å²) in [5.74, 6) is 0.563. The van der Waals surface area contributed by atoms with Gasteiger partial charge in [0, 0.05) is 24.7 Å². The molecule has 0 bridgehead atoms. The molecule has 1 atom stereocenters. The Morgan fingerprint density at radius 2 is 1.86 bits per heavy atom. The van der Waals surface area contributed by atoms with E-state index in [-0.39, 0.29) is 18.6 Å². The minimum absolute atomic E-state index is 0.00256. The third kappa shape index (κ3) is 5.71. The number of nitrogens with one attached hydrogen (secondary N) is 1. The predicted octanol–water partition coefficient (Wildman–Crippen LogP) is 3.53. The highest BCUT2D eigenvalue weighted by atomic mass is 35.5. The SMILES string of the molecule is Cc1cc(C)cc(OCC(=O)NC[C@@H](c2ccccc2Cl)N2CCOCC2)c1. The molecule has 0 saturated carbocycles. The molecule has 0 spiro atoms. The lowest BCUT2D eigenvalue weighted by Gasteiger charge is -2.35. The molecular formula is C22H27ClN2O3. The maximum Gasteiger partial charge on any atom is 0.258 e. The van der Waals surface area contributed by atoms with Gasteiger partial charge in [0.1, 0.15) is 5.75 Å². The predicted molar refractivity (Wildman–Crippen MR) is 111 cm³/mol. The van der Waals surface area contributed by atoms with Crippen LogP contribution < -0.4 is 10.1 Å². The third-order valence-electron chi connectivity index (χ3n) is 4.81. The molecule has 2 aromatic carbocycles. The van der Waals surface area contributed by atoms with E-state index < -0.39 is 0 Å². The molecule has 0 aromatic heterocycles. The Bertz CT molecular complexity index is 786.